The van der Waals surface area contributed by atoms with Crippen molar-refractivity contribution in [2.75, 3.05) is 13.1 Å². The average Bonchev–Trinajstić information content (AvgIpc) is 2.39. The van der Waals surface area contributed by atoms with Crippen LogP contribution in [-0.4, -0.2) is 28.8 Å². The number of nitro groups is 1. The molecule has 1 aromatic carbocycles. The molecule has 2 N–H and O–H groups in total. The van der Waals surface area contributed by atoms with E-state index >= 15 is 0 Å². The number of piperidine rings is 1. The monoisotopic (exact) mass is 263 g/mol. The number of likely N-dealkylation sites (tertiary alicyclic amines) is 1. The maximum absolute atomic E-state index is 11.1. The molecule has 1 amide bonds. The molecule has 0 aliphatic carbocycles. The summed E-state index contributed by atoms with van der Waals surface area (Å²) in [4.78, 5) is 23.9. The number of nitrogens with two attached hydrogens (primary N) is 1. The fourth-order valence-corrected chi connectivity index (χ4v) is 2.38. The molecule has 0 atom stereocenters. The van der Waals surface area contributed by atoms with Crippen LogP contribution in [0.5, 0.6) is 0 Å². The van der Waals surface area contributed by atoms with Gasteiger partial charge in [0.2, 0.25) is 5.91 Å². The van der Waals surface area contributed by atoms with E-state index in [0.717, 1.165) is 25.9 Å². The van der Waals surface area contributed by atoms with E-state index in [1.165, 1.54) is 12.5 Å². The van der Waals surface area contributed by atoms with Gasteiger partial charge in [0.1, 0.15) is 0 Å². The minimum Gasteiger partial charge on any atom is -0.366 e. The van der Waals surface area contributed by atoms with E-state index in [1.807, 2.05) is 0 Å². The van der Waals surface area contributed by atoms with Crippen molar-refractivity contribution in [1.82, 2.24) is 4.90 Å². The van der Waals surface area contributed by atoms with E-state index in [-0.39, 0.29) is 11.3 Å². The molecular weight excluding hydrogens is 246 g/mol. The molecule has 1 aromatic rings. The first-order valence-corrected chi connectivity index (χ1v) is 6.37. The van der Waals surface area contributed by atoms with Gasteiger partial charge in [-0.25, -0.2) is 0 Å². The predicted molar refractivity (Wildman–Crippen MR) is 70.7 cm³/mol. The maximum Gasteiger partial charge on any atom is 0.274 e. The topological polar surface area (TPSA) is 89.5 Å². The Kier molecular flexibility index (Phi) is 4.11. The van der Waals surface area contributed by atoms with E-state index < -0.39 is 10.8 Å². The molecule has 6 nitrogen and oxygen atoms in total. The summed E-state index contributed by atoms with van der Waals surface area (Å²) in [7, 11) is 0. The van der Waals surface area contributed by atoms with Gasteiger partial charge >= 0.3 is 0 Å². The number of benzene rings is 1. The molecule has 0 saturated carbocycles. The number of carbonyl (C=O) groups is 1. The lowest BCUT2D eigenvalue weighted by Gasteiger charge is -2.26. The van der Waals surface area contributed by atoms with Crippen molar-refractivity contribution in [3.05, 3.63) is 39.4 Å². The lowest BCUT2D eigenvalue weighted by molar-refractivity contribution is -0.385. The van der Waals surface area contributed by atoms with Crippen LogP contribution in [0.1, 0.15) is 35.2 Å². The molecule has 102 valence electrons. The number of primary amides is 1. The Bertz CT molecular complexity index is 496. The molecule has 1 heterocycles. The maximum atomic E-state index is 11.1. The Labute approximate surface area is 111 Å². The van der Waals surface area contributed by atoms with Crippen molar-refractivity contribution >= 4 is 11.6 Å². The highest BCUT2D eigenvalue weighted by atomic mass is 16.6. The largest absolute Gasteiger partial charge is 0.366 e. The molecule has 1 aliphatic rings. The first kappa shape index (κ1) is 13.5. The van der Waals surface area contributed by atoms with Gasteiger partial charge in [0.15, 0.2) is 0 Å². The lowest BCUT2D eigenvalue weighted by atomic mass is 10.1. The third-order valence-electron chi connectivity index (χ3n) is 3.41. The van der Waals surface area contributed by atoms with Crippen LogP contribution in [0.4, 0.5) is 5.69 Å². The summed E-state index contributed by atoms with van der Waals surface area (Å²) >= 11 is 0. The molecule has 0 aromatic heterocycles. The number of hydrogen-bond acceptors (Lipinski definition) is 4. The zero-order chi connectivity index (χ0) is 13.8. The van der Waals surface area contributed by atoms with Gasteiger partial charge in [-0.2, -0.15) is 0 Å². The van der Waals surface area contributed by atoms with Crippen LogP contribution in [-0.2, 0) is 6.54 Å². The lowest BCUT2D eigenvalue weighted by Crippen LogP contribution is -2.29. The fourth-order valence-electron chi connectivity index (χ4n) is 2.38. The summed E-state index contributed by atoms with van der Waals surface area (Å²) in [6.45, 7) is 2.48. The minimum absolute atomic E-state index is 0.0260. The van der Waals surface area contributed by atoms with Crippen molar-refractivity contribution in [2.24, 2.45) is 5.73 Å². The Morgan fingerprint density at radius 3 is 2.58 bits per heavy atom. The Morgan fingerprint density at radius 1 is 1.32 bits per heavy atom. The van der Waals surface area contributed by atoms with Crippen LogP contribution >= 0.6 is 0 Å². The SMILES string of the molecule is NC(=O)c1ccc(CN2CCCCC2)c([N+](=O)[O-])c1. The van der Waals surface area contributed by atoms with Crippen molar-refractivity contribution in [2.45, 2.75) is 25.8 Å². The van der Waals surface area contributed by atoms with Gasteiger partial charge in [-0.1, -0.05) is 12.5 Å². The summed E-state index contributed by atoms with van der Waals surface area (Å²) in [6, 6.07) is 4.45. The molecule has 0 spiro atoms. The molecule has 0 bridgehead atoms. The third kappa shape index (κ3) is 3.29. The average molecular weight is 263 g/mol. The van der Waals surface area contributed by atoms with Crippen molar-refractivity contribution in [3.63, 3.8) is 0 Å². The van der Waals surface area contributed by atoms with Gasteiger partial charge in [0.25, 0.3) is 5.69 Å². The second kappa shape index (κ2) is 5.79. The highest BCUT2D eigenvalue weighted by Crippen LogP contribution is 2.23. The smallest absolute Gasteiger partial charge is 0.274 e. The number of nitrogens with zero attached hydrogens (tertiary/aromatic N) is 2. The molecule has 2 rings (SSSR count). The van der Waals surface area contributed by atoms with Gasteiger partial charge in [-0.05, 0) is 32.0 Å². The van der Waals surface area contributed by atoms with Crippen molar-refractivity contribution in [1.29, 1.82) is 0 Å². The van der Waals surface area contributed by atoms with Crippen LogP contribution in [0.2, 0.25) is 0 Å². The van der Waals surface area contributed by atoms with Crippen LogP contribution < -0.4 is 5.73 Å². The molecule has 1 aliphatic heterocycles. The summed E-state index contributed by atoms with van der Waals surface area (Å²) in [5.74, 6) is -0.646. The third-order valence-corrected chi connectivity index (χ3v) is 3.41. The number of rotatable bonds is 4. The molecule has 1 fully saturated rings. The summed E-state index contributed by atoms with van der Waals surface area (Å²) in [6.07, 6.45) is 3.49. The highest BCUT2D eigenvalue weighted by molar-refractivity contribution is 5.93. The number of amides is 1. The molecule has 0 unspecified atom stereocenters. The number of nitro benzene ring substituents is 1. The minimum atomic E-state index is -0.646. The molecule has 0 radical (unpaired) electrons. The van der Waals surface area contributed by atoms with Crippen LogP contribution in [0, 0.1) is 10.1 Å². The van der Waals surface area contributed by atoms with E-state index in [9.17, 15) is 14.9 Å². The van der Waals surface area contributed by atoms with Gasteiger partial charge in [0, 0.05) is 23.7 Å². The fraction of sp³-hybridized carbons (Fsp3) is 0.462. The van der Waals surface area contributed by atoms with E-state index in [0.29, 0.717) is 12.1 Å². The van der Waals surface area contributed by atoms with Crippen LogP contribution in [0.25, 0.3) is 0 Å². The van der Waals surface area contributed by atoms with Gasteiger partial charge in [-0.15, -0.1) is 0 Å². The molecular formula is C13H17N3O3. The van der Waals surface area contributed by atoms with Crippen molar-refractivity contribution in [3.8, 4) is 0 Å². The van der Waals surface area contributed by atoms with Crippen LogP contribution in [0.15, 0.2) is 18.2 Å². The van der Waals surface area contributed by atoms with E-state index in [4.69, 9.17) is 5.73 Å². The van der Waals surface area contributed by atoms with E-state index in [1.54, 1.807) is 12.1 Å². The normalized spacial score (nSPS) is 16.2. The summed E-state index contributed by atoms with van der Waals surface area (Å²) in [5, 5.41) is 11.1. The molecule has 19 heavy (non-hydrogen) atoms. The van der Waals surface area contributed by atoms with Gasteiger partial charge < -0.3 is 5.73 Å². The Balaban J connectivity index is 2.23. The standard InChI is InChI=1S/C13H17N3O3/c14-13(17)10-4-5-11(12(8-10)16(18)19)9-15-6-2-1-3-7-15/h4-5,8H,1-3,6-7,9H2,(H2,14,17). The molecule has 6 heteroatoms. The zero-order valence-corrected chi connectivity index (χ0v) is 10.7. The number of hydrogen-bond donors (Lipinski definition) is 1. The summed E-state index contributed by atoms with van der Waals surface area (Å²) < 4.78 is 0. The second-order valence-electron chi connectivity index (χ2n) is 4.80. The molecule has 1 saturated heterocycles. The Morgan fingerprint density at radius 2 is 2.00 bits per heavy atom. The first-order valence-electron chi connectivity index (χ1n) is 6.37. The first-order chi connectivity index (χ1) is 9.08. The van der Waals surface area contributed by atoms with E-state index in [2.05, 4.69) is 4.90 Å². The quantitative estimate of drug-likeness (QED) is 0.661. The van der Waals surface area contributed by atoms with Crippen molar-refractivity contribution < 1.29 is 9.72 Å². The van der Waals surface area contributed by atoms with Crippen LogP contribution in [0.3, 0.4) is 0 Å². The Hall–Kier alpha value is -1.95. The zero-order valence-electron chi connectivity index (χ0n) is 10.7. The number of carbonyl (C=O) groups excluding carboxylic acids is 1. The summed E-state index contributed by atoms with van der Waals surface area (Å²) in [5.41, 5.74) is 5.93. The highest BCUT2D eigenvalue weighted by Gasteiger charge is 2.19. The second-order valence-corrected chi connectivity index (χ2v) is 4.80. The van der Waals surface area contributed by atoms with Gasteiger partial charge in [0.05, 0.1) is 4.92 Å². The van der Waals surface area contributed by atoms with Gasteiger partial charge in [-0.3, -0.25) is 19.8 Å². The predicted octanol–water partition coefficient (Wildman–Crippen LogP) is 1.68.